The van der Waals surface area contributed by atoms with E-state index in [-0.39, 0.29) is 6.04 Å². The van der Waals surface area contributed by atoms with Crippen molar-refractivity contribution < 1.29 is 8.78 Å². The van der Waals surface area contributed by atoms with Gasteiger partial charge >= 0.3 is 0 Å². The highest BCUT2D eigenvalue weighted by atomic mass is 19.2. The molecular formula is C14H19F2N. The monoisotopic (exact) mass is 239 g/mol. The molecule has 1 aromatic rings. The van der Waals surface area contributed by atoms with Crippen LogP contribution in [0.3, 0.4) is 0 Å². The highest BCUT2D eigenvalue weighted by Crippen LogP contribution is 2.23. The number of halogens is 2. The van der Waals surface area contributed by atoms with E-state index in [1.165, 1.54) is 0 Å². The maximum Gasteiger partial charge on any atom is 0.163 e. The molecule has 0 spiro atoms. The third-order valence-electron chi connectivity index (χ3n) is 2.66. The summed E-state index contributed by atoms with van der Waals surface area (Å²) in [6, 6.07) is 4.17. The zero-order valence-electron chi connectivity index (χ0n) is 10.2. The minimum Gasteiger partial charge on any atom is -0.310 e. The van der Waals surface area contributed by atoms with Crippen molar-refractivity contribution in [2.75, 3.05) is 6.54 Å². The molecule has 0 aliphatic rings. The summed E-state index contributed by atoms with van der Waals surface area (Å²) in [7, 11) is 0. The summed E-state index contributed by atoms with van der Waals surface area (Å²) in [6.45, 7) is 6.48. The molecule has 3 heteroatoms. The lowest BCUT2D eigenvalue weighted by Crippen LogP contribution is -2.23. The molecule has 94 valence electrons. The van der Waals surface area contributed by atoms with E-state index in [0.717, 1.165) is 31.9 Å². The maximum absolute atomic E-state index is 13.7. The van der Waals surface area contributed by atoms with E-state index in [9.17, 15) is 8.78 Å². The predicted molar refractivity (Wildman–Crippen MR) is 66.8 cm³/mol. The first-order valence-electron chi connectivity index (χ1n) is 5.98. The smallest absolute Gasteiger partial charge is 0.163 e. The molecule has 0 amide bonds. The fraction of sp³-hybridized carbons (Fsp3) is 0.429. The number of nitrogens with one attached hydrogen (secondary N) is 1. The number of allylic oxidation sites excluding steroid dienone is 1. The summed E-state index contributed by atoms with van der Waals surface area (Å²) in [4.78, 5) is 0. The Morgan fingerprint density at radius 2 is 2.18 bits per heavy atom. The van der Waals surface area contributed by atoms with Crippen molar-refractivity contribution in [2.24, 2.45) is 0 Å². The second kappa shape index (κ2) is 7.17. The van der Waals surface area contributed by atoms with Gasteiger partial charge in [-0.15, -0.1) is 6.58 Å². The van der Waals surface area contributed by atoms with Crippen LogP contribution in [0.25, 0.3) is 0 Å². The Hall–Kier alpha value is -1.22. The molecule has 0 heterocycles. The van der Waals surface area contributed by atoms with E-state index in [4.69, 9.17) is 0 Å². The normalized spacial score (nSPS) is 12.4. The van der Waals surface area contributed by atoms with Gasteiger partial charge < -0.3 is 5.32 Å². The van der Waals surface area contributed by atoms with Crippen LogP contribution in [0, 0.1) is 11.6 Å². The second-order valence-corrected chi connectivity index (χ2v) is 4.02. The van der Waals surface area contributed by atoms with Crippen LogP contribution < -0.4 is 5.32 Å². The summed E-state index contributed by atoms with van der Waals surface area (Å²) < 4.78 is 26.8. The Balaban J connectivity index is 2.86. The van der Waals surface area contributed by atoms with Gasteiger partial charge in [-0.05, 0) is 31.9 Å². The summed E-state index contributed by atoms with van der Waals surface area (Å²) in [5.41, 5.74) is 0.403. The first-order chi connectivity index (χ1) is 8.20. The average molecular weight is 239 g/mol. The molecule has 0 bridgehead atoms. The topological polar surface area (TPSA) is 12.0 Å². The molecule has 0 radical (unpaired) electrons. The van der Waals surface area contributed by atoms with Gasteiger partial charge in [-0.2, -0.15) is 0 Å². The zero-order valence-corrected chi connectivity index (χ0v) is 10.2. The van der Waals surface area contributed by atoms with Gasteiger partial charge in [-0.25, -0.2) is 8.78 Å². The molecule has 1 atom stereocenters. The Morgan fingerprint density at radius 1 is 1.41 bits per heavy atom. The maximum atomic E-state index is 13.7. The zero-order chi connectivity index (χ0) is 12.7. The third-order valence-corrected chi connectivity index (χ3v) is 2.66. The van der Waals surface area contributed by atoms with Gasteiger partial charge in [0.1, 0.15) is 0 Å². The van der Waals surface area contributed by atoms with E-state index in [1.54, 1.807) is 18.2 Å². The minimum atomic E-state index is -0.788. The molecule has 1 unspecified atom stereocenters. The van der Waals surface area contributed by atoms with Crippen LogP contribution in [-0.2, 0) is 0 Å². The molecule has 1 nitrogen and oxygen atoms in total. The quantitative estimate of drug-likeness (QED) is 0.710. The van der Waals surface area contributed by atoms with Crippen molar-refractivity contribution in [3.05, 3.63) is 48.1 Å². The van der Waals surface area contributed by atoms with Crippen LogP contribution in [0.15, 0.2) is 30.9 Å². The second-order valence-electron chi connectivity index (χ2n) is 4.02. The first kappa shape index (κ1) is 13.8. The highest BCUT2D eigenvalue weighted by Gasteiger charge is 2.16. The SMILES string of the molecule is C=CCCC(NCCC)c1cccc(F)c1F. The first-order valence-corrected chi connectivity index (χ1v) is 5.98. The van der Waals surface area contributed by atoms with Gasteiger partial charge in [0.25, 0.3) is 0 Å². The average Bonchev–Trinajstić information content (AvgIpc) is 2.34. The van der Waals surface area contributed by atoms with Crippen molar-refractivity contribution in [1.29, 1.82) is 0 Å². The molecule has 0 aromatic heterocycles. The Morgan fingerprint density at radius 3 is 2.82 bits per heavy atom. The molecule has 1 N–H and O–H groups in total. The lowest BCUT2D eigenvalue weighted by atomic mass is 10.0. The standard InChI is InChI=1S/C14H19F2N/c1-3-5-9-13(17-10-4-2)11-7-6-8-12(15)14(11)16/h3,6-8,13,17H,1,4-5,9-10H2,2H3. The molecule has 0 saturated heterocycles. The van der Waals surface area contributed by atoms with Crippen LogP contribution in [-0.4, -0.2) is 6.54 Å². The molecule has 0 fully saturated rings. The van der Waals surface area contributed by atoms with Gasteiger partial charge in [0.2, 0.25) is 0 Å². The van der Waals surface area contributed by atoms with Crippen LogP contribution >= 0.6 is 0 Å². The van der Waals surface area contributed by atoms with Crippen LogP contribution in [0.2, 0.25) is 0 Å². The van der Waals surface area contributed by atoms with Crippen molar-refractivity contribution >= 4 is 0 Å². The summed E-state index contributed by atoms with van der Waals surface area (Å²) in [6.07, 6.45) is 4.25. The Bertz CT molecular complexity index is 363. The van der Waals surface area contributed by atoms with Crippen LogP contribution in [0.4, 0.5) is 8.78 Å². The van der Waals surface area contributed by atoms with Crippen molar-refractivity contribution in [1.82, 2.24) is 5.32 Å². The van der Waals surface area contributed by atoms with Gasteiger partial charge in [-0.3, -0.25) is 0 Å². The lowest BCUT2D eigenvalue weighted by molar-refractivity contribution is 0.448. The van der Waals surface area contributed by atoms with E-state index in [0.29, 0.717) is 5.56 Å². The van der Waals surface area contributed by atoms with Crippen molar-refractivity contribution in [2.45, 2.75) is 32.2 Å². The summed E-state index contributed by atoms with van der Waals surface area (Å²) >= 11 is 0. The van der Waals surface area contributed by atoms with Gasteiger partial charge in [0.15, 0.2) is 11.6 Å². The van der Waals surface area contributed by atoms with Crippen molar-refractivity contribution in [3.8, 4) is 0 Å². The molecule has 0 aliphatic heterocycles. The Kier molecular flexibility index (Phi) is 5.84. The van der Waals surface area contributed by atoms with Gasteiger partial charge in [0, 0.05) is 11.6 Å². The van der Waals surface area contributed by atoms with Crippen molar-refractivity contribution in [3.63, 3.8) is 0 Å². The molecule has 0 aliphatic carbocycles. The largest absolute Gasteiger partial charge is 0.310 e. The number of hydrogen-bond donors (Lipinski definition) is 1. The van der Waals surface area contributed by atoms with E-state index in [2.05, 4.69) is 11.9 Å². The van der Waals surface area contributed by atoms with Crippen LogP contribution in [0.1, 0.15) is 37.8 Å². The minimum absolute atomic E-state index is 0.149. The fourth-order valence-electron chi connectivity index (χ4n) is 1.76. The number of rotatable bonds is 7. The van der Waals surface area contributed by atoms with Gasteiger partial charge in [0.05, 0.1) is 0 Å². The predicted octanol–water partition coefficient (Wildman–Crippen LogP) is 3.97. The third kappa shape index (κ3) is 3.93. The summed E-state index contributed by atoms with van der Waals surface area (Å²) in [5, 5.41) is 3.23. The molecule has 1 aromatic carbocycles. The molecular weight excluding hydrogens is 220 g/mol. The molecule has 0 saturated carbocycles. The van der Waals surface area contributed by atoms with E-state index in [1.807, 2.05) is 6.92 Å². The number of hydrogen-bond acceptors (Lipinski definition) is 1. The highest BCUT2D eigenvalue weighted by molar-refractivity contribution is 5.22. The Labute approximate surface area is 102 Å². The number of benzene rings is 1. The van der Waals surface area contributed by atoms with E-state index < -0.39 is 11.6 Å². The van der Waals surface area contributed by atoms with E-state index >= 15 is 0 Å². The van der Waals surface area contributed by atoms with Gasteiger partial charge in [-0.1, -0.05) is 25.1 Å². The fourth-order valence-corrected chi connectivity index (χ4v) is 1.76. The summed E-state index contributed by atoms with van der Waals surface area (Å²) in [5.74, 6) is -1.53. The molecule has 17 heavy (non-hydrogen) atoms. The lowest BCUT2D eigenvalue weighted by Gasteiger charge is -2.19. The molecule has 1 rings (SSSR count). The van der Waals surface area contributed by atoms with Crippen LogP contribution in [0.5, 0.6) is 0 Å².